The van der Waals surface area contributed by atoms with Gasteiger partial charge in [0.15, 0.2) is 0 Å². The number of para-hydroxylation sites is 1. The van der Waals surface area contributed by atoms with Gasteiger partial charge in [-0.2, -0.15) is 4.68 Å². The molecule has 8 nitrogen and oxygen atoms in total. The van der Waals surface area contributed by atoms with Gasteiger partial charge in [-0.3, -0.25) is 4.79 Å². The summed E-state index contributed by atoms with van der Waals surface area (Å²) in [5, 5.41) is 17.9. The van der Waals surface area contributed by atoms with Crippen LogP contribution in [0.5, 0.6) is 0 Å². The normalized spacial score (nSPS) is 16.2. The summed E-state index contributed by atoms with van der Waals surface area (Å²) in [5.74, 6) is 0.459. The number of tetrazole rings is 1. The van der Waals surface area contributed by atoms with Crippen LogP contribution in [0.4, 0.5) is 11.6 Å². The van der Waals surface area contributed by atoms with E-state index >= 15 is 0 Å². The summed E-state index contributed by atoms with van der Waals surface area (Å²) >= 11 is 0. The number of anilines is 2. The lowest BCUT2D eigenvalue weighted by Gasteiger charge is -2.12. The van der Waals surface area contributed by atoms with Crippen molar-refractivity contribution < 1.29 is 9.53 Å². The molecule has 0 aliphatic carbocycles. The predicted octanol–water partition coefficient (Wildman–Crippen LogP) is 2.39. The molecule has 4 rings (SSSR count). The molecule has 1 aliphatic heterocycles. The van der Waals surface area contributed by atoms with Crippen LogP contribution in [-0.2, 0) is 16.1 Å². The lowest BCUT2D eigenvalue weighted by atomic mass is 10.2. The van der Waals surface area contributed by atoms with Crippen molar-refractivity contribution in [2.45, 2.75) is 25.5 Å². The third-order valence-electron chi connectivity index (χ3n) is 4.34. The van der Waals surface area contributed by atoms with Gasteiger partial charge in [-0.05, 0) is 53.1 Å². The van der Waals surface area contributed by atoms with Crippen LogP contribution in [0, 0.1) is 0 Å². The van der Waals surface area contributed by atoms with Crippen molar-refractivity contribution in [3.8, 4) is 5.69 Å². The zero-order chi connectivity index (χ0) is 18.5. The molecule has 8 heteroatoms. The molecule has 1 aliphatic rings. The summed E-state index contributed by atoms with van der Waals surface area (Å²) in [6, 6.07) is 17.3. The van der Waals surface area contributed by atoms with Crippen LogP contribution >= 0.6 is 0 Å². The lowest BCUT2D eigenvalue weighted by molar-refractivity contribution is -0.124. The van der Waals surface area contributed by atoms with Crippen LogP contribution in [0.2, 0.25) is 0 Å². The number of carbonyl (C=O) groups excluding carboxylic acids is 1. The maximum Gasteiger partial charge on any atom is 0.253 e. The molecule has 1 aromatic heterocycles. The molecule has 1 saturated heterocycles. The van der Waals surface area contributed by atoms with Crippen molar-refractivity contribution in [3.63, 3.8) is 0 Å². The van der Waals surface area contributed by atoms with E-state index in [0.717, 1.165) is 29.8 Å². The average molecular weight is 364 g/mol. The largest absolute Gasteiger partial charge is 0.368 e. The molecular formula is C19H20N6O2. The Labute approximate surface area is 156 Å². The summed E-state index contributed by atoms with van der Waals surface area (Å²) in [6.07, 6.45) is 1.36. The third-order valence-corrected chi connectivity index (χ3v) is 4.34. The fourth-order valence-electron chi connectivity index (χ4n) is 2.99. The number of amides is 1. The van der Waals surface area contributed by atoms with E-state index in [1.165, 1.54) is 0 Å². The second kappa shape index (κ2) is 7.96. The summed E-state index contributed by atoms with van der Waals surface area (Å²) in [6.45, 7) is 1.18. The average Bonchev–Trinajstić information content (AvgIpc) is 3.39. The zero-order valence-electron chi connectivity index (χ0n) is 14.7. The summed E-state index contributed by atoms with van der Waals surface area (Å²) in [7, 11) is 0. The molecule has 27 heavy (non-hydrogen) atoms. The monoisotopic (exact) mass is 364 g/mol. The molecule has 138 valence electrons. The number of ether oxygens (including phenoxy) is 1. The first-order valence-corrected chi connectivity index (χ1v) is 8.89. The van der Waals surface area contributed by atoms with Gasteiger partial charge >= 0.3 is 0 Å². The Kier molecular flexibility index (Phi) is 5.06. The van der Waals surface area contributed by atoms with Gasteiger partial charge < -0.3 is 15.4 Å². The van der Waals surface area contributed by atoms with Crippen LogP contribution in [0.15, 0.2) is 54.6 Å². The number of rotatable bonds is 6. The maximum absolute atomic E-state index is 12.2. The topological polar surface area (TPSA) is 94.0 Å². The Morgan fingerprint density at radius 2 is 2.07 bits per heavy atom. The Bertz CT molecular complexity index is 905. The molecule has 2 heterocycles. The van der Waals surface area contributed by atoms with Crippen LogP contribution in [-0.4, -0.2) is 38.8 Å². The number of aromatic nitrogens is 4. The summed E-state index contributed by atoms with van der Waals surface area (Å²) < 4.78 is 7.06. The minimum absolute atomic E-state index is 0.0920. The van der Waals surface area contributed by atoms with Gasteiger partial charge in [0.05, 0.1) is 5.69 Å². The standard InChI is InChI=1S/C19H20N6O2/c26-18(17-10-5-11-27-17)21-15-7-4-6-14(12-15)13-20-19-22-23-24-25(19)16-8-2-1-3-9-16/h1-4,6-9,12,17H,5,10-11,13H2,(H,21,26)(H,20,22,24). The van der Waals surface area contributed by atoms with Crippen LogP contribution in [0.1, 0.15) is 18.4 Å². The number of nitrogens with zero attached hydrogens (tertiary/aromatic N) is 4. The van der Waals surface area contributed by atoms with E-state index in [1.807, 2.05) is 54.6 Å². The van der Waals surface area contributed by atoms with Crippen LogP contribution in [0.3, 0.4) is 0 Å². The lowest BCUT2D eigenvalue weighted by Crippen LogP contribution is -2.26. The quantitative estimate of drug-likeness (QED) is 0.697. The van der Waals surface area contributed by atoms with Crippen molar-refractivity contribution in [2.24, 2.45) is 0 Å². The minimum Gasteiger partial charge on any atom is -0.368 e. The molecule has 2 aromatic carbocycles. The van der Waals surface area contributed by atoms with Crippen LogP contribution in [0.25, 0.3) is 5.69 Å². The summed E-state index contributed by atoms with van der Waals surface area (Å²) in [4.78, 5) is 12.2. The van der Waals surface area contributed by atoms with E-state index in [-0.39, 0.29) is 12.0 Å². The molecule has 1 unspecified atom stereocenters. The number of benzene rings is 2. The Hall–Kier alpha value is -3.26. The first kappa shape index (κ1) is 17.2. The first-order chi connectivity index (χ1) is 13.3. The molecular weight excluding hydrogens is 344 g/mol. The molecule has 0 saturated carbocycles. The highest BCUT2D eigenvalue weighted by atomic mass is 16.5. The molecule has 1 amide bonds. The van der Waals surface area contributed by atoms with Gasteiger partial charge in [-0.15, -0.1) is 0 Å². The van der Waals surface area contributed by atoms with Crippen molar-refractivity contribution in [3.05, 3.63) is 60.2 Å². The summed E-state index contributed by atoms with van der Waals surface area (Å²) in [5.41, 5.74) is 2.63. The minimum atomic E-state index is -0.345. The molecule has 3 aromatic rings. The van der Waals surface area contributed by atoms with Crippen molar-refractivity contribution >= 4 is 17.5 Å². The van der Waals surface area contributed by atoms with Crippen LogP contribution < -0.4 is 10.6 Å². The molecule has 1 atom stereocenters. The van der Waals surface area contributed by atoms with E-state index in [9.17, 15) is 4.79 Å². The van der Waals surface area contributed by atoms with E-state index < -0.39 is 0 Å². The molecule has 0 radical (unpaired) electrons. The van der Waals surface area contributed by atoms with E-state index in [1.54, 1.807) is 4.68 Å². The Morgan fingerprint density at radius 3 is 2.89 bits per heavy atom. The highest BCUT2D eigenvalue weighted by molar-refractivity contribution is 5.94. The highest BCUT2D eigenvalue weighted by Gasteiger charge is 2.23. The number of nitrogens with one attached hydrogen (secondary N) is 2. The fourth-order valence-corrected chi connectivity index (χ4v) is 2.99. The molecule has 2 N–H and O–H groups in total. The highest BCUT2D eigenvalue weighted by Crippen LogP contribution is 2.17. The van der Waals surface area contributed by atoms with Crippen molar-refractivity contribution in [1.29, 1.82) is 0 Å². The van der Waals surface area contributed by atoms with Gasteiger partial charge in [0.2, 0.25) is 5.95 Å². The van der Waals surface area contributed by atoms with Gasteiger partial charge in [0.25, 0.3) is 5.91 Å². The zero-order valence-corrected chi connectivity index (χ0v) is 14.7. The molecule has 0 bridgehead atoms. The predicted molar refractivity (Wildman–Crippen MR) is 101 cm³/mol. The fraction of sp³-hybridized carbons (Fsp3) is 0.263. The van der Waals surface area contributed by atoms with Gasteiger partial charge in [0, 0.05) is 18.8 Å². The Morgan fingerprint density at radius 1 is 1.19 bits per heavy atom. The van der Waals surface area contributed by atoms with Gasteiger partial charge in [-0.1, -0.05) is 35.4 Å². The van der Waals surface area contributed by atoms with E-state index in [2.05, 4.69) is 26.2 Å². The number of hydrogen-bond acceptors (Lipinski definition) is 6. The molecule has 1 fully saturated rings. The Balaban J connectivity index is 1.41. The second-order valence-corrected chi connectivity index (χ2v) is 6.29. The number of carbonyl (C=O) groups is 1. The molecule has 0 spiro atoms. The van der Waals surface area contributed by atoms with Gasteiger partial charge in [-0.25, -0.2) is 0 Å². The third kappa shape index (κ3) is 4.12. The maximum atomic E-state index is 12.2. The van der Waals surface area contributed by atoms with Crippen molar-refractivity contribution in [2.75, 3.05) is 17.2 Å². The number of hydrogen-bond donors (Lipinski definition) is 2. The first-order valence-electron chi connectivity index (χ1n) is 8.89. The smallest absolute Gasteiger partial charge is 0.253 e. The van der Waals surface area contributed by atoms with Crippen molar-refractivity contribution in [1.82, 2.24) is 20.2 Å². The SMILES string of the molecule is O=C(Nc1cccc(CNc2nnnn2-c2ccccc2)c1)C1CCCO1. The van der Waals surface area contributed by atoms with E-state index in [0.29, 0.717) is 19.1 Å². The van der Waals surface area contributed by atoms with Gasteiger partial charge in [0.1, 0.15) is 6.10 Å². The van der Waals surface area contributed by atoms with E-state index in [4.69, 9.17) is 4.74 Å². The second-order valence-electron chi connectivity index (χ2n) is 6.29.